The number of unbranched alkanes of at least 4 members (excludes halogenated alkanes) is 23. The quantitative estimate of drug-likeness (QED) is 0.0146. The molecule has 5 unspecified atom stereocenters. The Labute approximate surface area is 575 Å². The smallest absolute Gasteiger partial charge is 0.463 e. The van der Waals surface area contributed by atoms with Crippen LogP contribution in [0.5, 0.6) is 0 Å². The van der Waals surface area contributed by atoms with Crippen LogP contribution in [0.1, 0.15) is 278 Å². The monoisotopic (exact) mass is 1370 g/mol. The third kappa shape index (κ3) is 70.8. The first-order valence-electron chi connectivity index (χ1n) is 36.5. The number of hydrogen-bond donors (Lipinski definition) is 4. The number of aliphatic hydroxyl groups is 2. The number of carbonyl (C=O) groups is 3. The Hall–Kier alpha value is -4.31. The fourth-order valence-electron chi connectivity index (χ4n) is 9.36. The van der Waals surface area contributed by atoms with Crippen LogP contribution in [0.25, 0.3) is 0 Å². The zero-order valence-electron chi connectivity index (χ0n) is 59.0. The molecule has 0 aromatic heterocycles. The van der Waals surface area contributed by atoms with Crippen molar-refractivity contribution in [2.24, 2.45) is 0 Å². The first-order valence-corrected chi connectivity index (χ1v) is 39.5. The van der Waals surface area contributed by atoms with Crippen molar-refractivity contribution < 1.29 is 75.8 Å². The van der Waals surface area contributed by atoms with Crippen molar-refractivity contribution in [1.82, 2.24) is 0 Å². The molecular weight excluding hydrogens is 1240 g/mol. The first-order chi connectivity index (χ1) is 46.2. The molecule has 0 aliphatic carbocycles. The topological polar surface area (TPSA) is 231 Å². The second-order valence-electron chi connectivity index (χ2n) is 24.0. The van der Waals surface area contributed by atoms with Gasteiger partial charge in [0.15, 0.2) is 6.10 Å². The molecule has 0 saturated heterocycles. The Balaban J connectivity index is 4.57. The maximum atomic E-state index is 12.9. The summed E-state index contributed by atoms with van der Waals surface area (Å²) in [5.41, 5.74) is 0. The number of aliphatic hydroxyl groups excluding tert-OH is 2. The van der Waals surface area contributed by atoms with Crippen LogP contribution < -0.4 is 0 Å². The Morgan fingerprint density at radius 1 is 0.305 bits per heavy atom. The molecule has 0 saturated carbocycles. The van der Waals surface area contributed by atoms with E-state index in [1.54, 1.807) is 0 Å². The largest absolute Gasteiger partial charge is 0.472 e. The van der Waals surface area contributed by atoms with Gasteiger partial charge in [-0.05, 0) is 116 Å². The zero-order chi connectivity index (χ0) is 69.5. The predicted octanol–water partition coefficient (Wildman–Crippen LogP) is 20.8. The normalized spacial score (nSPS) is 14.9. The molecule has 0 aromatic carbocycles. The van der Waals surface area contributed by atoms with Crippen LogP contribution in [0.2, 0.25) is 0 Å². The van der Waals surface area contributed by atoms with Gasteiger partial charge < -0.3 is 34.2 Å². The van der Waals surface area contributed by atoms with Gasteiger partial charge >= 0.3 is 33.6 Å². The molecule has 5 atom stereocenters. The number of rotatable bonds is 68. The van der Waals surface area contributed by atoms with Gasteiger partial charge in [0.2, 0.25) is 0 Å². The van der Waals surface area contributed by atoms with Crippen molar-refractivity contribution >= 4 is 33.6 Å². The van der Waals surface area contributed by atoms with Crippen molar-refractivity contribution in [3.63, 3.8) is 0 Å². The Bertz CT molecular complexity index is 2260. The number of esters is 3. The molecule has 16 nitrogen and oxygen atoms in total. The molecule has 544 valence electrons. The van der Waals surface area contributed by atoms with Crippen LogP contribution in [0.3, 0.4) is 0 Å². The van der Waals surface area contributed by atoms with Gasteiger partial charge in [-0.1, -0.05) is 276 Å². The van der Waals surface area contributed by atoms with E-state index in [0.717, 1.165) is 148 Å². The van der Waals surface area contributed by atoms with E-state index in [1.807, 2.05) is 0 Å². The van der Waals surface area contributed by atoms with Crippen LogP contribution in [0.15, 0.2) is 134 Å². The summed E-state index contributed by atoms with van der Waals surface area (Å²) in [7, 11) is -9.79. The summed E-state index contributed by atoms with van der Waals surface area (Å²) in [5.74, 6) is -1.62. The predicted molar refractivity (Wildman–Crippen MR) is 390 cm³/mol. The van der Waals surface area contributed by atoms with E-state index in [-0.39, 0.29) is 19.3 Å². The molecule has 0 radical (unpaired) electrons. The Kier molecular flexibility index (Phi) is 66.4. The van der Waals surface area contributed by atoms with Gasteiger partial charge in [0.05, 0.1) is 26.4 Å². The number of ether oxygens (including phenoxy) is 3. The van der Waals surface area contributed by atoms with Crippen molar-refractivity contribution in [1.29, 1.82) is 0 Å². The van der Waals surface area contributed by atoms with Crippen molar-refractivity contribution in [3.8, 4) is 0 Å². The molecule has 0 spiro atoms. The third-order valence-corrected chi connectivity index (χ3v) is 16.8. The van der Waals surface area contributed by atoms with Crippen LogP contribution in [0.4, 0.5) is 0 Å². The standard InChI is InChI=1S/C77H130O16P2/c1-4-7-10-13-16-19-22-25-27-29-31-32-33-34-35-36-37-38-40-42-43-46-48-51-54-57-60-63-75(80)87-66-72(78)67-89-94(83,84)90-68-73(79)69-91-95(85,86)92-71-74(93-77(82)65-62-59-56-53-50-45-24-21-18-15-12-9-6-3)70-88-76(81)64-61-58-55-52-49-47-44-41-39-30-28-26-23-20-17-14-11-8-5-2/h7-8,10-11,16-17,19-20,25-28,31-32,34-35,37-39,41,47,49,72-74,78-79H,4-6,9,12-15,18,21-24,29-30,33,36,40,42-46,48,50-71H2,1-3H3,(H,83,84)(H,85,86)/b10-7-,11-8-,19-16-,20-17-,27-25-,28-26-,32-31-,35-34-,38-37-,41-39-,49-47-. The molecule has 0 aromatic rings. The molecule has 0 aliphatic heterocycles. The highest BCUT2D eigenvalue weighted by Crippen LogP contribution is 2.45. The van der Waals surface area contributed by atoms with Crippen molar-refractivity contribution in [2.75, 3.05) is 39.6 Å². The highest BCUT2D eigenvalue weighted by atomic mass is 31.2. The summed E-state index contributed by atoms with van der Waals surface area (Å²) in [6.07, 6.45) is 82.2. The minimum absolute atomic E-state index is 0.0970. The highest BCUT2D eigenvalue weighted by molar-refractivity contribution is 7.47. The van der Waals surface area contributed by atoms with E-state index in [9.17, 15) is 43.5 Å². The number of hydrogen-bond acceptors (Lipinski definition) is 14. The molecule has 0 heterocycles. The van der Waals surface area contributed by atoms with Gasteiger partial charge in [0.1, 0.15) is 25.4 Å². The third-order valence-electron chi connectivity index (χ3n) is 14.9. The minimum Gasteiger partial charge on any atom is -0.463 e. The highest BCUT2D eigenvalue weighted by Gasteiger charge is 2.29. The lowest BCUT2D eigenvalue weighted by atomic mass is 10.0. The van der Waals surface area contributed by atoms with Gasteiger partial charge in [-0.15, -0.1) is 0 Å². The van der Waals surface area contributed by atoms with Crippen LogP contribution in [-0.2, 0) is 55.8 Å². The Morgan fingerprint density at radius 2 is 0.558 bits per heavy atom. The van der Waals surface area contributed by atoms with E-state index < -0.39 is 91.5 Å². The van der Waals surface area contributed by atoms with Crippen LogP contribution >= 0.6 is 15.6 Å². The molecule has 0 bridgehead atoms. The SMILES string of the molecule is CC/C=C\C/C=C\C/C=C\C/C=C\C/C=C\C/C=C\CCCCCCCCCCC(=O)OCC(O)COP(=O)(O)OCC(O)COP(=O)(O)OCC(COC(=O)CCCCC/C=C\C/C=C\C/C=C\C/C=C\C/C=C\CC)OC(=O)CCCCCCCCCCCCCCC. The number of phosphoric ester groups is 2. The molecular formula is C77H130O16P2. The lowest BCUT2D eigenvalue weighted by molar-refractivity contribution is -0.161. The summed E-state index contributed by atoms with van der Waals surface area (Å²) in [4.78, 5) is 58.5. The molecule has 0 rings (SSSR count). The lowest BCUT2D eigenvalue weighted by Gasteiger charge is -2.21. The molecule has 0 aliphatic rings. The summed E-state index contributed by atoms with van der Waals surface area (Å²) >= 11 is 0. The van der Waals surface area contributed by atoms with E-state index in [1.165, 1.54) is 70.6 Å². The summed E-state index contributed by atoms with van der Waals surface area (Å²) in [6, 6.07) is 0. The van der Waals surface area contributed by atoms with Gasteiger partial charge in [0.25, 0.3) is 0 Å². The molecule has 95 heavy (non-hydrogen) atoms. The van der Waals surface area contributed by atoms with E-state index in [4.69, 9.17) is 32.3 Å². The maximum absolute atomic E-state index is 12.9. The maximum Gasteiger partial charge on any atom is 0.472 e. The fourth-order valence-corrected chi connectivity index (χ4v) is 10.9. The average molecular weight is 1370 g/mol. The number of carbonyl (C=O) groups excluding carboxylic acids is 3. The van der Waals surface area contributed by atoms with Crippen molar-refractivity contribution in [2.45, 2.75) is 296 Å². The number of allylic oxidation sites excluding steroid dienone is 22. The van der Waals surface area contributed by atoms with Gasteiger partial charge in [0, 0.05) is 19.3 Å². The van der Waals surface area contributed by atoms with E-state index in [0.29, 0.717) is 19.3 Å². The summed E-state index contributed by atoms with van der Waals surface area (Å²) in [6.45, 7) is 2.39. The minimum atomic E-state index is -4.93. The molecule has 0 fully saturated rings. The molecule has 0 amide bonds. The first kappa shape index (κ1) is 90.7. The number of phosphoric acid groups is 2. The second kappa shape index (κ2) is 69.6. The summed E-state index contributed by atoms with van der Waals surface area (Å²) < 4.78 is 60.9. The van der Waals surface area contributed by atoms with Crippen LogP contribution in [-0.4, -0.2) is 95.9 Å². The van der Waals surface area contributed by atoms with Gasteiger partial charge in [-0.25, -0.2) is 9.13 Å². The Morgan fingerprint density at radius 3 is 0.895 bits per heavy atom. The average Bonchev–Trinajstić information content (AvgIpc) is 1.81. The lowest BCUT2D eigenvalue weighted by Crippen LogP contribution is -2.30. The molecule has 18 heteroatoms. The van der Waals surface area contributed by atoms with E-state index in [2.05, 4.69) is 154 Å². The van der Waals surface area contributed by atoms with Gasteiger partial charge in [-0.2, -0.15) is 0 Å². The van der Waals surface area contributed by atoms with E-state index >= 15 is 0 Å². The van der Waals surface area contributed by atoms with Crippen molar-refractivity contribution in [3.05, 3.63) is 134 Å². The molecule has 4 N–H and O–H groups in total. The summed E-state index contributed by atoms with van der Waals surface area (Å²) in [5, 5.41) is 20.6. The van der Waals surface area contributed by atoms with Crippen LogP contribution in [0, 0.1) is 0 Å². The second-order valence-corrected chi connectivity index (χ2v) is 26.9. The fraction of sp³-hybridized carbons (Fsp3) is 0.675. The zero-order valence-corrected chi connectivity index (χ0v) is 60.8. The van der Waals surface area contributed by atoms with Gasteiger partial charge in [-0.3, -0.25) is 32.5 Å².